The monoisotopic (exact) mass is 444 g/mol. The summed E-state index contributed by atoms with van der Waals surface area (Å²) >= 11 is 6.08. The number of methoxy groups -OCH3 is 2. The molecule has 1 aromatic carbocycles. The van der Waals surface area contributed by atoms with Crippen LogP contribution in [0.15, 0.2) is 12.1 Å². The number of amides is 2. The van der Waals surface area contributed by atoms with E-state index in [1.165, 1.54) is 26.4 Å². The van der Waals surface area contributed by atoms with Gasteiger partial charge in [0.15, 0.2) is 24.7 Å². The lowest BCUT2D eigenvalue weighted by molar-refractivity contribution is -0.145. The molecule has 1 rings (SSSR count). The van der Waals surface area contributed by atoms with Crippen LogP contribution in [0.1, 0.15) is 30.6 Å². The molecular formula is C19H25ClN2O8. The molecule has 0 fully saturated rings. The van der Waals surface area contributed by atoms with Gasteiger partial charge in [0.1, 0.15) is 6.04 Å². The fourth-order valence-electron chi connectivity index (χ4n) is 2.40. The standard InChI is InChI=1S/C19H25ClN2O8/c1-10(2)5-13(19(26)28-4)22-16(24)9-30-18(25)11-6-12(20)17(14(7-11)27-3)29-8-15(21)23/h6-7,10,13H,5,8-9H2,1-4H3,(H2,21,23)(H,22,24). The number of esters is 2. The van der Waals surface area contributed by atoms with Crippen molar-refractivity contribution in [3.8, 4) is 11.5 Å². The topological polar surface area (TPSA) is 143 Å². The Morgan fingerprint density at radius 1 is 1.13 bits per heavy atom. The zero-order valence-electron chi connectivity index (χ0n) is 17.2. The smallest absolute Gasteiger partial charge is 0.338 e. The molecule has 0 aliphatic rings. The minimum Gasteiger partial charge on any atom is -0.493 e. The number of ether oxygens (including phenoxy) is 4. The summed E-state index contributed by atoms with van der Waals surface area (Å²) in [5.74, 6) is -2.60. The largest absolute Gasteiger partial charge is 0.493 e. The lowest BCUT2D eigenvalue weighted by Crippen LogP contribution is -2.44. The summed E-state index contributed by atoms with van der Waals surface area (Å²) in [5.41, 5.74) is 5.02. The van der Waals surface area contributed by atoms with E-state index in [1.807, 2.05) is 13.8 Å². The molecule has 0 bridgehead atoms. The minimum atomic E-state index is -0.856. The number of benzene rings is 1. The van der Waals surface area contributed by atoms with Gasteiger partial charge in [-0.1, -0.05) is 25.4 Å². The maximum absolute atomic E-state index is 12.3. The van der Waals surface area contributed by atoms with Crippen LogP contribution in [0, 0.1) is 5.92 Å². The first-order chi connectivity index (χ1) is 14.1. The molecule has 0 saturated heterocycles. The fraction of sp³-hybridized carbons (Fsp3) is 0.474. The van der Waals surface area contributed by atoms with Crippen LogP contribution in [-0.2, 0) is 23.9 Å². The highest BCUT2D eigenvalue weighted by molar-refractivity contribution is 6.32. The number of hydrogen-bond acceptors (Lipinski definition) is 8. The van der Waals surface area contributed by atoms with Gasteiger partial charge in [-0.3, -0.25) is 9.59 Å². The van der Waals surface area contributed by atoms with Crippen molar-refractivity contribution in [2.24, 2.45) is 11.7 Å². The van der Waals surface area contributed by atoms with Gasteiger partial charge in [0.05, 0.1) is 24.8 Å². The average molecular weight is 445 g/mol. The second kappa shape index (κ2) is 11.9. The number of nitrogens with one attached hydrogen (secondary N) is 1. The van der Waals surface area contributed by atoms with E-state index in [0.717, 1.165) is 0 Å². The molecule has 0 heterocycles. The number of carbonyl (C=O) groups excluding carboxylic acids is 4. The van der Waals surface area contributed by atoms with Crippen LogP contribution >= 0.6 is 11.6 Å². The summed E-state index contributed by atoms with van der Waals surface area (Å²) < 4.78 is 19.9. The summed E-state index contributed by atoms with van der Waals surface area (Å²) in [4.78, 5) is 47.0. The molecule has 1 atom stereocenters. The normalized spacial score (nSPS) is 11.4. The van der Waals surface area contributed by atoms with Crippen LogP contribution < -0.4 is 20.5 Å². The molecule has 0 radical (unpaired) electrons. The molecule has 0 spiro atoms. The Kier molecular flexibility index (Phi) is 9.90. The molecule has 10 nitrogen and oxygen atoms in total. The maximum Gasteiger partial charge on any atom is 0.338 e. The van der Waals surface area contributed by atoms with Crippen LogP contribution in [0.4, 0.5) is 0 Å². The zero-order valence-corrected chi connectivity index (χ0v) is 17.9. The molecule has 1 aromatic rings. The first-order valence-corrected chi connectivity index (χ1v) is 9.29. The van der Waals surface area contributed by atoms with Gasteiger partial charge >= 0.3 is 11.9 Å². The summed E-state index contributed by atoms with van der Waals surface area (Å²) in [7, 11) is 2.53. The first kappa shape index (κ1) is 25.0. The van der Waals surface area contributed by atoms with E-state index in [2.05, 4.69) is 10.1 Å². The van der Waals surface area contributed by atoms with Crippen molar-refractivity contribution in [2.45, 2.75) is 26.3 Å². The number of rotatable bonds is 11. The number of nitrogens with two attached hydrogens (primary N) is 1. The van der Waals surface area contributed by atoms with Gasteiger partial charge in [0.25, 0.3) is 11.8 Å². The molecule has 11 heteroatoms. The van der Waals surface area contributed by atoms with E-state index >= 15 is 0 Å². The first-order valence-electron chi connectivity index (χ1n) is 8.91. The van der Waals surface area contributed by atoms with Crippen LogP contribution in [0.2, 0.25) is 5.02 Å². The highest BCUT2D eigenvalue weighted by Gasteiger charge is 2.24. The van der Waals surface area contributed by atoms with E-state index in [4.69, 9.17) is 31.5 Å². The molecule has 30 heavy (non-hydrogen) atoms. The number of primary amides is 1. The van der Waals surface area contributed by atoms with E-state index in [9.17, 15) is 19.2 Å². The summed E-state index contributed by atoms with van der Waals surface area (Å²) in [6, 6.07) is 1.66. The van der Waals surface area contributed by atoms with Gasteiger partial charge in [-0.2, -0.15) is 0 Å². The molecule has 0 aliphatic carbocycles. The van der Waals surface area contributed by atoms with E-state index in [0.29, 0.717) is 6.42 Å². The lowest BCUT2D eigenvalue weighted by atomic mass is 10.0. The Morgan fingerprint density at radius 2 is 1.80 bits per heavy atom. The zero-order chi connectivity index (χ0) is 22.8. The van der Waals surface area contributed by atoms with Crippen LogP contribution in [-0.4, -0.2) is 57.2 Å². The second-order valence-electron chi connectivity index (χ2n) is 6.59. The van der Waals surface area contributed by atoms with Crippen molar-refractivity contribution < 1.29 is 38.1 Å². The summed E-state index contributed by atoms with van der Waals surface area (Å²) in [6.07, 6.45) is 0.367. The van der Waals surface area contributed by atoms with Gasteiger partial charge in [-0.15, -0.1) is 0 Å². The van der Waals surface area contributed by atoms with E-state index < -0.39 is 43.0 Å². The summed E-state index contributed by atoms with van der Waals surface area (Å²) in [6.45, 7) is 2.72. The number of hydrogen-bond donors (Lipinski definition) is 2. The maximum atomic E-state index is 12.3. The van der Waals surface area contributed by atoms with Crippen LogP contribution in [0.5, 0.6) is 11.5 Å². The van der Waals surface area contributed by atoms with Gasteiger partial charge in [-0.25, -0.2) is 9.59 Å². The third kappa shape index (κ3) is 7.78. The minimum absolute atomic E-state index is 0.0113. The molecular weight excluding hydrogens is 420 g/mol. The third-order valence-corrected chi connectivity index (χ3v) is 3.97. The number of carbonyl (C=O) groups is 4. The molecule has 0 aromatic heterocycles. The van der Waals surface area contributed by atoms with Gasteiger partial charge < -0.3 is 30.0 Å². The molecule has 2 amide bonds. The number of halogens is 1. The van der Waals surface area contributed by atoms with Crippen molar-refractivity contribution in [3.05, 3.63) is 22.7 Å². The molecule has 0 aliphatic heterocycles. The molecule has 1 unspecified atom stereocenters. The molecule has 0 saturated carbocycles. The van der Waals surface area contributed by atoms with Crippen molar-refractivity contribution in [1.82, 2.24) is 5.32 Å². The predicted octanol–water partition coefficient (Wildman–Crippen LogP) is 1.07. The molecule has 166 valence electrons. The van der Waals surface area contributed by atoms with Gasteiger partial charge in [0, 0.05) is 0 Å². The highest BCUT2D eigenvalue weighted by atomic mass is 35.5. The van der Waals surface area contributed by atoms with Crippen molar-refractivity contribution in [2.75, 3.05) is 27.4 Å². The predicted molar refractivity (Wildman–Crippen MR) is 106 cm³/mol. The SMILES string of the molecule is COC(=O)C(CC(C)C)NC(=O)COC(=O)c1cc(Cl)c(OCC(N)=O)c(OC)c1. The quantitative estimate of drug-likeness (QED) is 0.482. The van der Waals surface area contributed by atoms with Gasteiger partial charge in [-0.05, 0) is 24.5 Å². The summed E-state index contributed by atoms with van der Waals surface area (Å²) in [5, 5.41) is 2.45. The van der Waals surface area contributed by atoms with Crippen LogP contribution in [0.3, 0.4) is 0 Å². The van der Waals surface area contributed by atoms with E-state index in [1.54, 1.807) is 0 Å². The Bertz CT molecular complexity index is 797. The molecule has 3 N–H and O–H groups in total. The average Bonchev–Trinajstić information content (AvgIpc) is 2.68. The third-order valence-electron chi connectivity index (χ3n) is 3.69. The Labute approximate surface area is 178 Å². The Balaban J connectivity index is 2.80. The van der Waals surface area contributed by atoms with Gasteiger partial charge in [0.2, 0.25) is 0 Å². The highest BCUT2D eigenvalue weighted by Crippen LogP contribution is 2.36. The lowest BCUT2D eigenvalue weighted by Gasteiger charge is -2.18. The van der Waals surface area contributed by atoms with Crippen LogP contribution in [0.25, 0.3) is 0 Å². The second-order valence-corrected chi connectivity index (χ2v) is 7.00. The van der Waals surface area contributed by atoms with Crippen molar-refractivity contribution in [1.29, 1.82) is 0 Å². The Morgan fingerprint density at radius 3 is 2.33 bits per heavy atom. The van der Waals surface area contributed by atoms with E-state index in [-0.39, 0.29) is 28.0 Å². The fourth-order valence-corrected chi connectivity index (χ4v) is 2.66. The van der Waals surface area contributed by atoms with Crippen molar-refractivity contribution in [3.63, 3.8) is 0 Å². The Hall–Kier alpha value is -3.01. The van der Waals surface area contributed by atoms with Crippen molar-refractivity contribution >= 4 is 35.4 Å².